The molecular weight excluding hydrogens is 418 g/mol. The van der Waals surface area contributed by atoms with E-state index in [1.54, 1.807) is 35.9 Å². The van der Waals surface area contributed by atoms with Gasteiger partial charge in [0, 0.05) is 11.6 Å². The molecule has 2 heterocycles. The Kier molecular flexibility index (Phi) is 5.54. The summed E-state index contributed by atoms with van der Waals surface area (Å²) in [5, 5.41) is 26.3. The van der Waals surface area contributed by atoms with Gasteiger partial charge in [0.25, 0.3) is 5.91 Å². The fourth-order valence-electron chi connectivity index (χ4n) is 3.09. The molecule has 9 nitrogen and oxygen atoms in total. The van der Waals surface area contributed by atoms with E-state index in [1.165, 1.54) is 6.07 Å². The van der Waals surface area contributed by atoms with Crippen LogP contribution in [-0.4, -0.2) is 32.4 Å². The zero-order valence-corrected chi connectivity index (χ0v) is 17.2. The van der Waals surface area contributed by atoms with Crippen LogP contribution in [-0.2, 0) is 4.79 Å². The number of para-hydroxylation sites is 1. The third-order valence-electron chi connectivity index (χ3n) is 4.43. The van der Waals surface area contributed by atoms with E-state index in [0.717, 1.165) is 17.4 Å². The molecule has 0 saturated carbocycles. The molecule has 31 heavy (non-hydrogen) atoms. The summed E-state index contributed by atoms with van der Waals surface area (Å²) in [5.41, 5.74) is 2.26. The number of aromatic nitrogens is 2. The van der Waals surface area contributed by atoms with Crippen LogP contribution in [0.1, 0.15) is 12.6 Å². The lowest BCUT2D eigenvalue weighted by atomic mass is 10.1. The van der Waals surface area contributed by atoms with Gasteiger partial charge in [0.15, 0.2) is 10.9 Å². The fourth-order valence-corrected chi connectivity index (χ4v) is 3.78. The van der Waals surface area contributed by atoms with Crippen LogP contribution in [0, 0.1) is 15.5 Å². The van der Waals surface area contributed by atoms with Gasteiger partial charge < -0.3 is 10.1 Å². The van der Waals surface area contributed by atoms with Crippen molar-refractivity contribution in [3.8, 4) is 22.7 Å². The number of amidine groups is 1. The van der Waals surface area contributed by atoms with Crippen LogP contribution in [0.15, 0.2) is 59.5 Å². The molecule has 0 unspecified atom stereocenters. The molecule has 1 aliphatic heterocycles. The average molecular weight is 435 g/mol. The smallest absolute Gasteiger partial charge is 0.311 e. The highest BCUT2D eigenvalue weighted by Gasteiger charge is 2.24. The molecule has 2 N–H and O–H groups in total. The minimum Gasteiger partial charge on any atom is -0.487 e. The first kappa shape index (κ1) is 20.4. The van der Waals surface area contributed by atoms with Crippen LogP contribution in [0.3, 0.4) is 0 Å². The number of nitro benzene ring substituents is 1. The van der Waals surface area contributed by atoms with Gasteiger partial charge in [-0.2, -0.15) is 5.10 Å². The van der Waals surface area contributed by atoms with Gasteiger partial charge in [-0.15, -0.1) is 0 Å². The topological polar surface area (TPSA) is 123 Å². The van der Waals surface area contributed by atoms with E-state index in [2.05, 4.69) is 10.4 Å². The second-order valence-electron chi connectivity index (χ2n) is 6.47. The second kappa shape index (κ2) is 8.44. The number of ether oxygens (including phenoxy) is 1. The minimum atomic E-state index is -0.489. The molecule has 10 heteroatoms. The van der Waals surface area contributed by atoms with Crippen LogP contribution in [0.25, 0.3) is 23.0 Å². The number of carbonyl (C=O) groups excluding carboxylic acids is 1. The highest BCUT2D eigenvalue weighted by atomic mass is 32.2. The predicted octanol–water partition coefficient (Wildman–Crippen LogP) is 3.98. The number of nitrogens with one attached hydrogen (secondary N) is 2. The highest BCUT2D eigenvalue weighted by molar-refractivity contribution is 8.18. The highest BCUT2D eigenvalue weighted by Crippen LogP contribution is 2.33. The molecule has 4 rings (SSSR count). The first-order valence-corrected chi connectivity index (χ1v) is 10.1. The SMILES string of the molecule is CCOc1ccc(-c2cc(/C=C3/SC(=N)NC3=O)n(-c3ccccc3)n2)cc1[N+](=O)[O-]. The third-order valence-corrected chi connectivity index (χ3v) is 5.26. The summed E-state index contributed by atoms with van der Waals surface area (Å²) < 4.78 is 7.01. The Balaban J connectivity index is 1.83. The van der Waals surface area contributed by atoms with Crippen LogP contribution >= 0.6 is 11.8 Å². The largest absolute Gasteiger partial charge is 0.487 e. The van der Waals surface area contributed by atoms with E-state index >= 15 is 0 Å². The Hall–Kier alpha value is -3.92. The Labute approximate surface area is 181 Å². The molecule has 2 aromatic carbocycles. The molecule has 0 spiro atoms. The molecule has 0 radical (unpaired) electrons. The molecule has 156 valence electrons. The molecule has 1 amide bonds. The lowest BCUT2D eigenvalue weighted by Gasteiger charge is -2.06. The molecule has 1 aromatic heterocycles. The monoisotopic (exact) mass is 435 g/mol. The van der Waals surface area contributed by atoms with Crippen molar-refractivity contribution in [1.29, 1.82) is 5.41 Å². The first-order chi connectivity index (χ1) is 15.0. The molecule has 1 saturated heterocycles. The zero-order valence-electron chi connectivity index (χ0n) is 16.4. The summed E-state index contributed by atoms with van der Waals surface area (Å²) in [5.74, 6) is -0.160. The van der Waals surface area contributed by atoms with Gasteiger partial charge in [0.05, 0.1) is 33.5 Å². The van der Waals surface area contributed by atoms with Crippen LogP contribution in [0.2, 0.25) is 0 Å². The maximum absolute atomic E-state index is 12.1. The number of carbonyl (C=O) groups is 1. The van der Waals surface area contributed by atoms with Gasteiger partial charge in [-0.3, -0.25) is 20.3 Å². The maximum atomic E-state index is 12.1. The van der Waals surface area contributed by atoms with Gasteiger partial charge in [-0.1, -0.05) is 18.2 Å². The number of rotatable bonds is 6. The first-order valence-electron chi connectivity index (χ1n) is 9.33. The van der Waals surface area contributed by atoms with Crippen molar-refractivity contribution in [2.45, 2.75) is 6.92 Å². The number of amides is 1. The molecule has 0 bridgehead atoms. The average Bonchev–Trinajstić information content (AvgIpc) is 3.32. The number of nitrogens with zero attached hydrogens (tertiary/aromatic N) is 3. The maximum Gasteiger partial charge on any atom is 0.311 e. The van der Waals surface area contributed by atoms with Crippen molar-refractivity contribution < 1.29 is 14.5 Å². The third kappa shape index (κ3) is 4.19. The Bertz CT molecular complexity index is 1220. The summed E-state index contributed by atoms with van der Waals surface area (Å²) in [6.07, 6.45) is 1.65. The van der Waals surface area contributed by atoms with E-state index in [4.69, 9.17) is 10.1 Å². The van der Waals surface area contributed by atoms with Crippen LogP contribution < -0.4 is 10.1 Å². The Morgan fingerprint density at radius 3 is 2.68 bits per heavy atom. The van der Waals surface area contributed by atoms with Crippen molar-refractivity contribution in [3.05, 3.63) is 75.3 Å². The van der Waals surface area contributed by atoms with Gasteiger partial charge in [-0.05, 0) is 55.1 Å². The molecule has 0 atom stereocenters. The van der Waals surface area contributed by atoms with Crippen LogP contribution in [0.5, 0.6) is 5.75 Å². The van der Waals surface area contributed by atoms with E-state index in [9.17, 15) is 14.9 Å². The zero-order chi connectivity index (χ0) is 22.0. The Morgan fingerprint density at radius 2 is 2.03 bits per heavy atom. The lowest BCUT2D eigenvalue weighted by Crippen LogP contribution is -2.18. The van der Waals surface area contributed by atoms with Gasteiger partial charge in [-0.25, -0.2) is 4.68 Å². The van der Waals surface area contributed by atoms with E-state index in [0.29, 0.717) is 28.5 Å². The normalized spacial score (nSPS) is 14.7. The molecule has 1 fully saturated rings. The Morgan fingerprint density at radius 1 is 1.26 bits per heavy atom. The van der Waals surface area contributed by atoms with Crippen molar-refractivity contribution in [2.75, 3.05) is 6.61 Å². The van der Waals surface area contributed by atoms with Gasteiger partial charge in [0.1, 0.15) is 0 Å². The second-order valence-corrected chi connectivity index (χ2v) is 7.52. The summed E-state index contributed by atoms with van der Waals surface area (Å²) in [6.45, 7) is 2.07. The molecule has 0 aliphatic carbocycles. The van der Waals surface area contributed by atoms with Gasteiger partial charge in [0.2, 0.25) is 0 Å². The molecule has 1 aliphatic rings. The number of thioether (sulfide) groups is 1. The number of benzene rings is 2. The van der Waals surface area contributed by atoms with Crippen molar-refractivity contribution in [1.82, 2.24) is 15.1 Å². The summed E-state index contributed by atoms with van der Waals surface area (Å²) in [4.78, 5) is 23.4. The summed E-state index contributed by atoms with van der Waals surface area (Å²) in [6, 6.07) is 15.8. The van der Waals surface area contributed by atoms with E-state index in [-0.39, 0.29) is 22.5 Å². The molecular formula is C21H17N5O4S. The summed E-state index contributed by atoms with van der Waals surface area (Å²) >= 11 is 1.03. The number of hydrogen-bond acceptors (Lipinski definition) is 7. The molecule has 3 aromatic rings. The lowest BCUT2D eigenvalue weighted by molar-refractivity contribution is -0.385. The predicted molar refractivity (Wildman–Crippen MR) is 118 cm³/mol. The van der Waals surface area contributed by atoms with Crippen molar-refractivity contribution >= 4 is 34.6 Å². The van der Waals surface area contributed by atoms with Crippen molar-refractivity contribution in [3.63, 3.8) is 0 Å². The standard InChI is InChI=1S/C21H17N5O4S/c1-2-30-18-9-8-13(10-17(18)26(28)29)16-11-15(12-19-20(27)23-21(22)31-19)25(24-16)14-6-4-3-5-7-14/h3-12H,2H2,1H3,(H2,22,23,27)/b19-12+. The number of nitro groups is 1. The van der Waals surface area contributed by atoms with Gasteiger partial charge >= 0.3 is 5.69 Å². The number of hydrogen-bond donors (Lipinski definition) is 2. The fraction of sp³-hybridized carbons (Fsp3) is 0.0952. The van der Waals surface area contributed by atoms with E-state index < -0.39 is 4.92 Å². The van der Waals surface area contributed by atoms with E-state index in [1.807, 2.05) is 30.3 Å². The van der Waals surface area contributed by atoms with Crippen molar-refractivity contribution in [2.24, 2.45) is 0 Å². The van der Waals surface area contributed by atoms with Crippen LogP contribution in [0.4, 0.5) is 5.69 Å². The minimum absolute atomic E-state index is 0.0596. The summed E-state index contributed by atoms with van der Waals surface area (Å²) in [7, 11) is 0. The quantitative estimate of drug-likeness (QED) is 0.343.